The summed E-state index contributed by atoms with van der Waals surface area (Å²) in [4.78, 5) is 0. The number of aryl methyl sites for hydroxylation is 3. The number of nitrogen functional groups attached to an aromatic ring is 1. The monoisotopic (exact) mass is 305 g/mol. The Labute approximate surface area is 116 Å². The van der Waals surface area contributed by atoms with Gasteiger partial charge in [-0.1, -0.05) is 17.7 Å². The number of ether oxygens (including phenoxy) is 1. The Bertz CT molecular complexity index is 593. The molecule has 0 unspecified atom stereocenters. The molecule has 0 aromatic heterocycles. The quantitative estimate of drug-likeness (QED) is 0.813. The summed E-state index contributed by atoms with van der Waals surface area (Å²) in [6, 6.07) is 9.95. The summed E-state index contributed by atoms with van der Waals surface area (Å²) in [7, 11) is 0. The summed E-state index contributed by atoms with van der Waals surface area (Å²) >= 11 is 3.47. The topological polar surface area (TPSA) is 35.2 Å². The standard InChI is InChI=1S/C15H16BrNO/c1-9-4-5-14(11(3)6-9)18-15-7-10(2)13(17)8-12(15)16/h4-8H,17H2,1-3H3. The van der Waals surface area contributed by atoms with Crippen molar-refractivity contribution in [2.45, 2.75) is 20.8 Å². The third-order valence-electron chi connectivity index (χ3n) is 2.87. The minimum absolute atomic E-state index is 0.759. The van der Waals surface area contributed by atoms with Crippen LogP contribution in [0.3, 0.4) is 0 Å². The van der Waals surface area contributed by atoms with Crippen LogP contribution >= 0.6 is 15.9 Å². The Hall–Kier alpha value is -1.48. The number of hydrogen-bond donors (Lipinski definition) is 1. The van der Waals surface area contributed by atoms with Crippen LogP contribution in [0.5, 0.6) is 11.5 Å². The lowest BCUT2D eigenvalue weighted by Gasteiger charge is -2.12. The van der Waals surface area contributed by atoms with Gasteiger partial charge in [0.15, 0.2) is 0 Å². The molecular formula is C15H16BrNO. The van der Waals surface area contributed by atoms with Crippen LogP contribution in [0.1, 0.15) is 16.7 Å². The summed E-state index contributed by atoms with van der Waals surface area (Å²) in [6.07, 6.45) is 0. The van der Waals surface area contributed by atoms with Crippen molar-refractivity contribution in [1.29, 1.82) is 0 Å². The Morgan fingerprint density at radius 3 is 2.33 bits per heavy atom. The molecule has 0 heterocycles. The predicted molar refractivity (Wildman–Crippen MR) is 79.3 cm³/mol. The zero-order valence-electron chi connectivity index (χ0n) is 10.8. The van der Waals surface area contributed by atoms with Crippen LogP contribution in [0.2, 0.25) is 0 Å². The second kappa shape index (κ2) is 5.02. The SMILES string of the molecule is Cc1ccc(Oc2cc(C)c(N)cc2Br)c(C)c1. The van der Waals surface area contributed by atoms with Crippen LogP contribution in [0.4, 0.5) is 5.69 Å². The van der Waals surface area contributed by atoms with Gasteiger partial charge in [0, 0.05) is 5.69 Å². The number of benzene rings is 2. The highest BCUT2D eigenvalue weighted by atomic mass is 79.9. The van der Waals surface area contributed by atoms with Gasteiger partial charge in [0.2, 0.25) is 0 Å². The maximum Gasteiger partial charge on any atom is 0.142 e. The van der Waals surface area contributed by atoms with E-state index < -0.39 is 0 Å². The molecule has 0 aliphatic rings. The molecule has 2 aromatic rings. The molecule has 0 bridgehead atoms. The van der Waals surface area contributed by atoms with Crippen molar-refractivity contribution in [3.05, 3.63) is 51.5 Å². The van der Waals surface area contributed by atoms with Crippen molar-refractivity contribution in [2.24, 2.45) is 0 Å². The second-order valence-electron chi connectivity index (χ2n) is 4.51. The number of anilines is 1. The average molecular weight is 306 g/mol. The second-order valence-corrected chi connectivity index (χ2v) is 5.36. The Kier molecular flexibility index (Phi) is 3.62. The Balaban J connectivity index is 2.37. The highest BCUT2D eigenvalue weighted by Gasteiger charge is 2.07. The van der Waals surface area contributed by atoms with Crippen LogP contribution in [0.15, 0.2) is 34.8 Å². The van der Waals surface area contributed by atoms with Gasteiger partial charge >= 0.3 is 0 Å². The molecule has 2 aromatic carbocycles. The van der Waals surface area contributed by atoms with Crippen LogP contribution in [0.25, 0.3) is 0 Å². The first-order chi connectivity index (χ1) is 8.47. The number of nitrogens with two attached hydrogens (primary N) is 1. The van der Waals surface area contributed by atoms with Crippen LogP contribution < -0.4 is 10.5 Å². The molecule has 0 atom stereocenters. The van der Waals surface area contributed by atoms with Gasteiger partial charge in [-0.15, -0.1) is 0 Å². The van der Waals surface area contributed by atoms with E-state index in [9.17, 15) is 0 Å². The smallest absolute Gasteiger partial charge is 0.142 e. The molecule has 0 aliphatic carbocycles. The molecule has 0 saturated carbocycles. The van der Waals surface area contributed by atoms with Crippen molar-refractivity contribution in [1.82, 2.24) is 0 Å². The van der Waals surface area contributed by atoms with Crippen molar-refractivity contribution in [3.63, 3.8) is 0 Å². The first-order valence-electron chi connectivity index (χ1n) is 5.78. The minimum atomic E-state index is 0.759. The molecule has 0 radical (unpaired) electrons. The molecule has 0 saturated heterocycles. The van der Waals surface area contributed by atoms with Gasteiger partial charge in [-0.25, -0.2) is 0 Å². The molecule has 0 amide bonds. The van der Waals surface area contributed by atoms with E-state index in [0.29, 0.717) is 0 Å². The zero-order valence-corrected chi connectivity index (χ0v) is 12.3. The molecular weight excluding hydrogens is 290 g/mol. The lowest BCUT2D eigenvalue weighted by molar-refractivity contribution is 0.475. The Morgan fingerprint density at radius 2 is 1.67 bits per heavy atom. The maximum atomic E-state index is 5.93. The van der Waals surface area contributed by atoms with Crippen LogP contribution in [-0.2, 0) is 0 Å². The Morgan fingerprint density at radius 1 is 0.944 bits per heavy atom. The average Bonchev–Trinajstić information content (AvgIpc) is 2.29. The third-order valence-corrected chi connectivity index (χ3v) is 3.49. The van der Waals surface area contributed by atoms with E-state index in [2.05, 4.69) is 28.9 Å². The normalized spacial score (nSPS) is 10.4. The van der Waals surface area contributed by atoms with E-state index in [4.69, 9.17) is 10.5 Å². The minimum Gasteiger partial charge on any atom is -0.456 e. The van der Waals surface area contributed by atoms with Crippen molar-refractivity contribution in [2.75, 3.05) is 5.73 Å². The van der Waals surface area contributed by atoms with Gasteiger partial charge < -0.3 is 10.5 Å². The molecule has 0 fully saturated rings. The highest BCUT2D eigenvalue weighted by molar-refractivity contribution is 9.10. The predicted octanol–water partition coefficient (Wildman–Crippen LogP) is 4.75. The summed E-state index contributed by atoms with van der Waals surface area (Å²) in [6.45, 7) is 6.08. The zero-order chi connectivity index (χ0) is 13.3. The van der Waals surface area contributed by atoms with E-state index >= 15 is 0 Å². The summed E-state index contributed by atoms with van der Waals surface area (Å²) in [5.41, 5.74) is 9.97. The molecule has 3 heteroatoms. The summed E-state index contributed by atoms with van der Waals surface area (Å²) < 4.78 is 6.79. The van der Waals surface area contributed by atoms with E-state index in [1.54, 1.807) is 0 Å². The van der Waals surface area contributed by atoms with Gasteiger partial charge in [0.1, 0.15) is 11.5 Å². The van der Waals surface area contributed by atoms with E-state index in [1.165, 1.54) is 5.56 Å². The fraction of sp³-hybridized carbons (Fsp3) is 0.200. The maximum absolute atomic E-state index is 5.93. The molecule has 94 valence electrons. The van der Waals surface area contributed by atoms with Crippen molar-refractivity contribution in [3.8, 4) is 11.5 Å². The van der Waals surface area contributed by atoms with Crippen molar-refractivity contribution >= 4 is 21.6 Å². The van der Waals surface area contributed by atoms with E-state index in [0.717, 1.165) is 32.8 Å². The van der Waals surface area contributed by atoms with Gasteiger partial charge in [-0.05, 0) is 66.0 Å². The molecule has 2 nitrogen and oxygen atoms in total. The molecule has 2 N–H and O–H groups in total. The highest BCUT2D eigenvalue weighted by Crippen LogP contribution is 2.34. The first-order valence-corrected chi connectivity index (χ1v) is 6.57. The lowest BCUT2D eigenvalue weighted by Crippen LogP contribution is -1.93. The van der Waals surface area contributed by atoms with Gasteiger partial charge in [0.05, 0.1) is 4.47 Å². The van der Waals surface area contributed by atoms with Crippen LogP contribution in [-0.4, -0.2) is 0 Å². The van der Waals surface area contributed by atoms with Crippen molar-refractivity contribution < 1.29 is 4.74 Å². The van der Waals surface area contributed by atoms with E-state index in [1.807, 2.05) is 38.1 Å². The van der Waals surface area contributed by atoms with E-state index in [-0.39, 0.29) is 0 Å². The summed E-state index contributed by atoms with van der Waals surface area (Å²) in [5, 5.41) is 0. The fourth-order valence-corrected chi connectivity index (χ4v) is 2.22. The lowest BCUT2D eigenvalue weighted by atomic mass is 10.1. The molecule has 0 aliphatic heterocycles. The third kappa shape index (κ3) is 2.67. The first kappa shape index (κ1) is 13.0. The molecule has 2 rings (SSSR count). The largest absolute Gasteiger partial charge is 0.456 e. The van der Waals surface area contributed by atoms with Crippen LogP contribution in [0, 0.1) is 20.8 Å². The summed E-state index contributed by atoms with van der Waals surface area (Å²) in [5.74, 6) is 1.65. The van der Waals surface area contributed by atoms with Gasteiger partial charge in [0.25, 0.3) is 0 Å². The fourth-order valence-electron chi connectivity index (χ4n) is 1.78. The molecule has 0 spiro atoms. The number of rotatable bonds is 2. The number of halogens is 1. The number of hydrogen-bond acceptors (Lipinski definition) is 2. The van der Waals surface area contributed by atoms with Gasteiger partial charge in [-0.3, -0.25) is 0 Å². The molecule has 18 heavy (non-hydrogen) atoms. The van der Waals surface area contributed by atoms with Gasteiger partial charge in [-0.2, -0.15) is 0 Å².